The Labute approximate surface area is 79.8 Å². The zero-order valence-electron chi connectivity index (χ0n) is 8.68. The van der Waals surface area contributed by atoms with Gasteiger partial charge in [0.15, 0.2) is 0 Å². The van der Waals surface area contributed by atoms with Gasteiger partial charge in [0.25, 0.3) is 5.91 Å². The van der Waals surface area contributed by atoms with E-state index in [1.165, 1.54) is 7.11 Å². The van der Waals surface area contributed by atoms with Crippen molar-refractivity contribution in [1.29, 1.82) is 0 Å². The van der Waals surface area contributed by atoms with Crippen molar-refractivity contribution in [3.63, 3.8) is 0 Å². The standard InChI is InChI=1S/C10H17NO2/c1-6-8(3)11-9(12)10(4,7-2)13-5/h1,8H,7H2,2-5H3,(H,11,12). The van der Waals surface area contributed by atoms with Crippen molar-refractivity contribution < 1.29 is 9.53 Å². The Bertz CT molecular complexity index is 213. The summed E-state index contributed by atoms with van der Waals surface area (Å²) in [5.41, 5.74) is -0.773. The van der Waals surface area contributed by atoms with Crippen LogP contribution >= 0.6 is 0 Å². The van der Waals surface area contributed by atoms with Crippen LogP contribution in [0.15, 0.2) is 0 Å². The van der Waals surface area contributed by atoms with Crippen LogP contribution in [-0.4, -0.2) is 24.7 Å². The van der Waals surface area contributed by atoms with E-state index in [-0.39, 0.29) is 11.9 Å². The van der Waals surface area contributed by atoms with Gasteiger partial charge in [0, 0.05) is 7.11 Å². The molecule has 0 radical (unpaired) electrons. The fourth-order valence-corrected chi connectivity index (χ4v) is 0.789. The van der Waals surface area contributed by atoms with E-state index in [2.05, 4.69) is 11.2 Å². The normalized spacial score (nSPS) is 16.8. The van der Waals surface area contributed by atoms with E-state index >= 15 is 0 Å². The summed E-state index contributed by atoms with van der Waals surface area (Å²) < 4.78 is 5.11. The first-order valence-corrected chi connectivity index (χ1v) is 4.32. The van der Waals surface area contributed by atoms with Crippen LogP contribution < -0.4 is 5.32 Å². The van der Waals surface area contributed by atoms with Crippen molar-refractivity contribution in [3.05, 3.63) is 0 Å². The summed E-state index contributed by atoms with van der Waals surface area (Å²) >= 11 is 0. The van der Waals surface area contributed by atoms with Crippen LogP contribution in [0.5, 0.6) is 0 Å². The second kappa shape index (κ2) is 4.88. The molecule has 0 bridgehead atoms. The zero-order chi connectivity index (χ0) is 10.5. The predicted octanol–water partition coefficient (Wildman–Crippen LogP) is 0.939. The van der Waals surface area contributed by atoms with Gasteiger partial charge in [-0.1, -0.05) is 12.8 Å². The number of rotatable bonds is 4. The first-order chi connectivity index (χ1) is 6.00. The monoisotopic (exact) mass is 183 g/mol. The summed E-state index contributed by atoms with van der Waals surface area (Å²) in [5.74, 6) is 2.26. The van der Waals surface area contributed by atoms with E-state index < -0.39 is 5.60 Å². The van der Waals surface area contributed by atoms with E-state index in [1.807, 2.05) is 6.92 Å². The van der Waals surface area contributed by atoms with E-state index in [0.717, 1.165) is 0 Å². The quantitative estimate of drug-likeness (QED) is 0.659. The number of methoxy groups -OCH3 is 1. The van der Waals surface area contributed by atoms with E-state index in [1.54, 1.807) is 13.8 Å². The summed E-state index contributed by atoms with van der Waals surface area (Å²) in [5, 5.41) is 2.67. The van der Waals surface area contributed by atoms with E-state index in [9.17, 15) is 4.79 Å². The smallest absolute Gasteiger partial charge is 0.252 e. The van der Waals surface area contributed by atoms with Crippen molar-refractivity contribution in [2.75, 3.05) is 7.11 Å². The number of hydrogen-bond donors (Lipinski definition) is 1. The number of carbonyl (C=O) groups excluding carboxylic acids is 1. The minimum absolute atomic E-state index is 0.164. The summed E-state index contributed by atoms with van der Waals surface area (Å²) in [6.07, 6.45) is 5.76. The Kier molecular flexibility index (Phi) is 4.50. The van der Waals surface area contributed by atoms with Gasteiger partial charge in [-0.15, -0.1) is 6.42 Å². The molecule has 0 fully saturated rings. The molecular weight excluding hydrogens is 166 g/mol. The maximum Gasteiger partial charge on any atom is 0.252 e. The summed E-state index contributed by atoms with van der Waals surface area (Å²) in [6, 6.07) is -0.256. The molecule has 3 heteroatoms. The van der Waals surface area contributed by atoms with Crippen molar-refractivity contribution in [3.8, 4) is 12.3 Å². The molecule has 0 aromatic carbocycles. The third-order valence-electron chi connectivity index (χ3n) is 2.20. The van der Waals surface area contributed by atoms with Crippen LogP contribution in [0.1, 0.15) is 27.2 Å². The molecule has 3 nitrogen and oxygen atoms in total. The van der Waals surface area contributed by atoms with E-state index in [4.69, 9.17) is 11.2 Å². The average Bonchev–Trinajstić information content (AvgIpc) is 2.16. The molecule has 13 heavy (non-hydrogen) atoms. The van der Waals surface area contributed by atoms with Crippen LogP contribution in [0, 0.1) is 12.3 Å². The largest absolute Gasteiger partial charge is 0.369 e. The van der Waals surface area contributed by atoms with Crippen molar-refractivity contribution in [2.45, 2.75) is 38.8 Å². The Morgan fingerprint density at radius 2 is 2.31 bits per heavy atom. The second-order valence-electron chi connectivity index (χ2n) is 3.15. The van der Waals surface area contributed by atoms with Gasteiger partial charge >= 0.3 is 0 Å². The molecule has 1 amide bonds. The summed E-state index contributed by atoms with van der Waals surface area (Å²) in [6.45, 7) is 5.39. The lowest BCUT2D eigenvalue weighted by Crippen LogP contribution is -2.48. The van der Waals surface area contributed by atoms with Gasteiger partial charge in [-0.3, -0.25) is 4.79 Å². The molecule has 1 N–H and O–H groups in total. The van der Waals surface area contributed by atoms with Crippen LogP contribution in [0.2, 0.25) is 0 Å². The number of ether oxygens (including phenoxy) is 1. The molecule has 74 valence electrons. The van der Waals surface area contributed by atoms with Crippen molar-refractivity contribution in [1.82, 2.24) is 5.32 Å². The lowest BCUT2D eigenvalue weighted by molar-refractivity contribution is -0.142. The maximum absolute atomic E-state index is 11.6. The Morgan fingerprint density at radius 1 is 1.77 bits per heavy atom. The Hall–Kier alpha value is -1.01. The van der Waals surface area contributed by atoms with Gasteiger partial charge in [0.05, 0.1) is 6.04 Å². The van der Waals surface area contributed by atoms with E-state index in [0.29, 0.717) is 6.42 Å². The number of nitrogens with one attached hydrogen (secondary N) is 1. The molecule has 0 spiro atoms. The van der Waals surface area contributed by atoms with Crippen LogP contribution in [0.25, 0.3) is 0 Å². The van der Waals surface area contributed by atoms with Gasteiger partial charge in [-0.25, -0.2) is 0 Å². The predicted molar refractivity (Wildman–Crippen MR) is 52.1 cm³/mol. The number of amides is 1. The molecular formula is C10H17NO2. The number of carbonyl (C=O) groups is 1. The lowest BCUT2D eigenvalue weighted by atomic mass is 10.0. The third-order valence-corrected chi connectivity index (χ3v) is 2.20. The molecule has 2 atom stereocenters. The van der Waals surface area contributed by atoms with Crippen LogP contribution in [-0.2, 0) is 9.53 Å². The first kappa shape index (κ1) is 12.0. The molecule has 0 aromatic rings. The highest BCUT2D eigenvalue weighted by Gasteiger charge is 2.31. The lowest BCUT2D eigenvalue weighted by Gasteiger charge is -2.26. The minimum Gasteiger partial charge on any atom is -0.369 e. The molecule has 0 heterocycles. The molecule has 2 unspecified atom stereocenters. The highest BCUT2D eigenvalue weighted by Crippen LogP contribution is 2.13. The van der Waals surface area contributed by atoms with Gasteiger partial charge in [0.1, 0.15) is 5.60 Å². The number of terminal acetylenes is 1. The molecule has 0 rings (SSSR count). The molecule has 0 aliphatic heterocycles. The van der Waals surface area contributed by atoms with Gasteiger partial charge in [-0.2, -0.15) is 0 Å². The molecule has 0 aliphatic carbocycles. The highest BCUT2D eigenvalue weighted by molar-refractivity contribution is 5.85. The summed E-state index contributed by atoms with van der Waals surface area (Å²) in [4.78, 5) is 11.6. The first-order valence-electron chi connectivity index (χ1n) is 4.32. The molecule has 0 aromatic heterocycles. The van der Waals surface area contributed by atoms with Crippen molar-refractivity contribution >= 4 is 5.91 Å². The topological polar surface area (TPSA) is 38.3 Å². The molecule has 0 aliphatic rings. The number of hydrogen-bond acceptors (Lipinski definition) is 2. The Morgan fingerprint density at radius 3 is 2.62 bits per heavy atom. The van der Waals surface area contributed by atoms with Crippen LogP contribution in [0.3, 0.4) is 0 Å². The molecule has 0 saturated carbocycles. The summed E-state index contributed by atoms with van der Waals surface area (Å²) in [7, 11) is 1.52. The highest BCUT2D eigenvalue weighted by atomic mass is 16.5. The second-order valence-corrected chi connectivity index (χ2v) is 3.15. The third kappa shape index (κ3) is 3.08. The fourth-order valence-electron chi connectivity index (χ4n) is 0.789. The maximum atomic E-state index is 11.6. The van der Waals surface area contributed by atoms with Crippen molar-refractivity contribution in [2.24, 2.45) is 0 Å². The van der Waals surface area contributed by atoms with Crippen LogP contribution in [0.4, 0.5) is 0 Å². The van der Waals surface area contributed by atoms with Gasteiger partial charge in [-0.05, 0) is 20.3 Å². The Balaban J connectivity index is 4.33. The average molecular weight is 183 g/mol. The zero-order valence-corrected chi connectivity index (χ0v) is 8.68. The SMILES string of the molecule is C#CC(C)NC(=O)C(C)(CC)OC. The van der Waals surface area contributed by atoms with Gasteiger partial charge < -0.3 is 10.1 Å². The molecule has 0 saturated heterocycles. The van der Waals surface area contributed by atoms with Gasteiger partial charge in [0.2, 0.25) is 0 Å². The minimum atomic E-state index is -0.773. The fraction of sp³-hybridized carbons (Fsp3) is 0.700.